The zero-order valence-corrected chi connectivity index (χ0v) is 19.2. The van der Waals surface area contributed by atoms with Crippen molar-refractivity contribution >= 4 is 17.9 Å². The van der Waals surface area contributed by atoms with Crippen LogP contribution in [0.25, 0.3) is 6.08 Å². The van der Waals surface area contributed by atoms with Crippen molar-refractivity contribution in [2.75, 3.05) is 45.8 Å². The first kappa shape index (κ1) is 23.1. The highest BCUT2D eigenvalue weighted by Gasteiger charge is 2.25. The molecule has 0 atom stereocenters. The number of nitriles is 1. The molecule has 3 rings (SSSR count). The number of nitrogens with zero attached hydrogens (tertiary/aromatic N) is 5. The number of amides is 2. The Balaban J connectivity index is 1.64. The third-order valence-corrected chi connectivity index (χ3v) is 6.40. The van der Waals surface area contributed by atoms with Gasteiger partial charge in [-0.3, -0.25) is 14.5 Å². The van der Waals surface area contributed by atoms with Crippen molar-refractivity contribution in [1.82, 2.24) is 19.3 Å². The monoisotopic (exact) mass is 425 g/mol. The maximum atomic E-state index is 13.1. The average molecular weight is 426 g/mol. The maximum Gasteiger partial charge on any atom is 0.264 e. The van der Waals surface area contributed by atoms with Gasteiger partial charge in [-0.15, -0.1) is 0 Å². The summed E-state index contributed by atoms with van der Waals surface area (Å²) in [6, 6.07) is 4.17. The highest BCUT2D eigenvalue weighted by Crippen LogP contribution is 2.20. The molecule has 3 heterocycles. The van der Waals surface area contributed by atoms with Gasteiger partial charge in [0.2, 0.25) is 5.91 Å². The minimum Gasteiger partial charge on any atom is -0.349 e. The standard InChI is InChI=1S/C24H35N5O2/c1-4-8-29-19(2)15-21(20(29)3)16-22(17-25)24(31)28-12-7-9-26(13-14-28)18-23(30)27-10-5-6-11-27/h15-16H,4-14,18H2,1-3H3/b22-16-. The molecule has 2 aliphatic heterocycles. The number of hydrogen-bond donors (Lipinski definition) is 0. The molecule has 0 N–H and O–H groups in total. The molecule has 0 saturated carbocycles. The third kappa shape index (κ3) is 5.56. The lowest BCUT2D eigenvalue weighted by Crippen LogP contribution is -2.41. The summed E-state index contributed by atoms with van der Waals surface area (Å²) in [5, 5.41) is 9.69. The quantitative estimate of drug-likeness (QED) is 0.519. The normalized spacial score (nSPS) is 18.2. The van der Waals surface area contributed by atoms with Gasteiger partial charge in [0.05, 0.1) is 6.54 Å². The van der Waals surface area contributed by atoms with Gasteiger partial charge in [0.25, 0.3) is 5.91 Å². The molecule has 1 aromatic heterocycles. The maximum absolute atomic E-state index is 13.1. The molecule has 7 nitrogen and oxygen atoms in total. The summed E-state index contributed by atoms with van der Waals surface area (Å²) in [6.07, 6.45) is 5.77. The fraction of sp³-hybridized carbons (Fsp3) is 0.625. The van der Waals surface area contributed by atoms with Gasteiger partial charge in [-0.2, -0.15) is 5.26 Å². The summed E-state index contributed by atoms with van der Waals surface area (Å²) in [5.74, 6) is -0.0205. The SMILES string of the molecule is CCCn1c(C)cc(/C=C(/C#N)C(=O)N2CCCN(CC(=O)N3CCCC3)CC2)c1C. The summed E-state index contributed by atoms with van der Waals surface area (Å²) in [7, 11) is 0. The van der Waals surface area contributed by atoms with Gasteiger partial charge in [-0.05, 0) is 57.2 Å². The lowest BCUT2D eigenvalue weighted by atomic mass is 10.1. The smallest absolute Gasteiger partial charge is 0.264 e. The van der Waals surface area contributed by atoms with Gasteiger partial charge >= 0.3 is 0 Å². The number of carbonyl (C=O) groups excluding carboxylic acids is 2. The van der Waals surface area contributed by atoms with E-state index in [-0.39, 0.29) is 17.4 Å². The Kier molecular flexibility index (Phi) is 7.91. The van der Waals surface area contributed by atoms with Crippen LogP contribution in [0.15, 0.2) is 11.6 Å². The Hall–Kier alpha value is -2.59. The predicted octanol–water partition coefficient (Wildman–Crippen LogP) is 2.58. The van der Waals surface area contributed by atoms with Crippen LogP contribution >= 0.6 is 0 Å². The van der Waals surface area contributed by atoms with E-state index in [9.17, 15) is 14.9 Å². The van der Waals surface area contributed by atoms with Gasteiger partial charge in [0.15, 0.2) is 0 Å². The lowest BCUT2D eigenvalue weighted by molar-refractivity contribution is -0.131. The van der Waals surface area contributed by atoms with E-state index in [0.29, 0.717) is 26.2 Å². The second-order valence-corrected chi connectivity index (χ2v) is 8.66. The summed E-state index contributed by atoms with van der Waals surface area (Å²) in [4.78, 5) is 31.4. The molecule has 0 unspecified atom stereocenters. The molecular formula is C24H35N5O2. The van der Waals surface area contributed by atoms with Crippen LogP contribution < -0.4 is 0 Å². The Labute approximate surface area is 185 Å². The highest BCUT2D eigenvalue weighted by molar-refractivity contribution is 6.01. The van der Waals surface area contributed by atoms with Crippen molar-refractivity contribution in [3.63, 3.8) is 0 Å². The molecular weight excluding hydrogens is 390 g/mol. The molecule has 2 fully saturated rings. The van der Waals surface area contributed by atoms with Crippen molar-refractivity contribution in [1.29, 1.82) is 5.26 Å². The molecule has 168 valence electrons. The van der Waals surface area contributed by atoms with E-state index >= 15 is 0 Å². The van der Waals surface area contributed by atoms with Crippen LogP contribution in [0.3, 0.4) is 0 Å². The minimum atomic E-state index is -0.212. The molecule has 0 bridgehead atoms. The van der Waals surface area contributed by atoms with Crippen LogP contribution in [0, 0.1) is 25.2 Å². The number of rotatable bonds is 6. The van der Waals surface area contributed by atoms with Gasteiger partial charge in [-0.1, -0.05) is 6.92 Å². The first-order valence-electron chi connectivity index (χ1n) is 11.5. The van der Waals surface area contributed by atoms with E-state index in [4.69, 9.17) is 0 Å². The van der Waals surface area contributed by atoms with E-state index in [1.54, 1.807) is 11.0 Å². The molecule has 1 aromatic rings. The molecule has 2 aliphatic rings. The number of aromatic nitrogens is 1. The first-order chi connectivity index (χ1) is 14.9. The number of aryl methyl sites for hydroxylation is 1. The zero-order chi connectivity index (χ0) is 22.4. The van der Waals surface area contributed by atoms with Crippen molar-refractivity contribution in [3.8, 4) is 6.07 Å². The minimum absolute atomic E-state index is 0.179. The number of hydrogen-bond acceptors (Lipinski definition) is 4. The number of likely N-dealkylation sites (tertiary alicyclic amines) is 1. The Morgan fingerprint density at radius 3 is 2.42 bits per heavy atom. The van der Waals surface area contributed by atoms with E-state index in [0.717, 1.165) is 68.8 Å². The summed E-state index contributed by atoms with van der Waals surface area (Å²) in [5.41, 5.74) is 3.34. The Morgan fingerprint density at radius 2 is 1.74 bits per heavy atom. The number of carbonyl (C=O) groups is 2. The molecule has 2 amide bonds. The van der Waals surface area contributed by atoms with Crippen LogP contribution in [0.2, 0.25) is 0 Å². The van der Waals surface area contributed by atoms with Gasteiger partial charge in [0, 0.05) is 57.2 Å². The van der Waals surface area contributed by atoms with Gasteiger partial charge < -0.3 is 14.4 Å². The van der Waals surface area contributed by atoms with Crippen molar-refractivity contribution in [3.05, 3.63) is 28.6 Å². The predicted molar refractivity (Wildman–Crippen MR) is 121 cm³/mol. The average Bonchev–Trinajstić information content (AvgIpc) is 3.31. The molecule has 0 radical (unpaired) electrons. The Morgan fingerprint density at radius 1 is 1.03 bits per heavy atom. The van der Waals surface area contributed by atoms with Crippen LogP contribution in [0.1, 0.15) is 49.6 Å². The molecule has 0 aromatic carbocycles. The summed E-state index contributed by atoms with van der Waals surface area (Å²) >= 11 is 0. The van der Waals surface area contributed by atoms with Gasteiger partial charge in [0.1, 0.15) is 11.6 Å². The third-order valence-electron chi connectivity index (χ3n) is 6.40. The van der Waals surface area contributed by atoms with Crippen LogP contribution in [0.5, 0.6) is 0 Å². The molecule has 0 spiro atoms. The highest BCUT2D eigenvalue weighted by atomic mass is 16.2. The lowest BCUT2D eigenvalue weighted by Gasteiger charge is -2.23. The molecule has 31 heavy (non-hydrogen) atoms. The van der Waals surface area contributed by atoms with Crippen molar-refractivity contribution in [2.45, 2.75) is 53.0 Å². The van der Waals surface area contributed by atoms with Crippen LogP contribution in [-0.2, 0) is 16.1 Å². The molecule has 7 heteroatoms. The van der Waals surface area contributed by atoms with Crippen LogP contribution in [-0.4, -0.2) is 76.9 Å². The van der Waals surface area contributed by atoms with Crippen LogP contribution in [0.4, 0.5) is 0 Å². The second-order valence-electron chi connectivity index (χ2n) is 8.66. The van der Waals surface area contributed by atoms with E-state index in [1.165, 1.54) is 0 Å². The molecule has 2 saturated heterocycles. The van der Waals surface area contributed by atoms with E-state index < -0.39 is 0 Å². The van der Waals surface area contributed by atoms with E-state index in [1.807, 2.05) is 17.9 Å². The Bertz CT molecular complexity index is 873. The molecule has 0 aliphatic carbocycles. The second kappa shape index (κ2) is 10.6. The fourth-order valence-electron chi connectivity index (χ4n) is 4.60. The van der Waals surface area contributed by atoms with Gasteiger partial charge in [-0.25, -0.2) is 0 Å². The first-order valence-corrected chi connectivity index (χ1v) is 11.5. The topological polar surface area (TPSA) is 72.6 Å². The largest absolute Gasteiger partial charge is 0.349 e. The van der Waals surface area contributed by atoms with Crippen molar-refractivity contribution < 1.29 is 9.59 Å². The summed E-state index contributed by atoms with van der Waals surface area (Å²) < 4.78 is 2.23. The van der Waals surface area contributed by atoms with E-state index in [2.05, 4.69) is 29.4 Å². The summed E-state index contributed by atoms with van der Waals surface area (Å²) in [6.45, 7) is 11.9. The zero-order valence-electron chi connectivity index (χ0n) is 19.2. The van der Waals surface area contributed by atoms with Crippen molar-refractivity contribution in [2.24, 2.45) is 0 Å². The fourth-order valence-corrected chi connectivity index (χ4v) is 4.60.